The van der Waals surface area contributed by atoms with Crippen LogP contribution in [0, 0.1) is 46.5 Å². The molecule has 1 aliphatic rings. The lowest BCUT2D eigenvalue weighted by Crippen LogP contribution is -2.56. The van der Waals surface area contributed by atoms with E-state index in [0.29, 0.717) is 35.0 Å². The van der Waals surface area contributed by atoms with Crippen molar-refractivity contribution in [1.82, 2.24) is 0 Å². The molecule has 0 heterocycles. The largest absolute Gasteiger partial charge is 0.493 e. The molecule has 1 aliphatic carbocycles. The number of rotatable bonds is 9. The molecule has 0 aliphatic heterocycles. The lowest BCUT2D eigenvalue weighted by atomic mass is 9.61. The molecule has 2 amide bonds. The van der Waals surface area contributed by atoms with E-state index in [2.05, 4.69) is 10.6 Å². The molecule has 5 rings (SSSR count). The van der Waals surface area contributed by atoms with Crippen LogP contribution in [0.5, 0.6) is 11.5 Å². The minimum absolute atomic E-state index is 0.306. The van der Waals surface area contributed by atoms with E-state index >= 15 is 0 Å². The lowest BCUT2D eigenvalue weighted by molar-refractivity contribution is -0.150. The molecule has 0 bridgehead atoms. The van der Waals surface area contributed by atoms with Crippen molar-refractivity contribution in [3.05, 3.63) is 118 Å². The molecule has 4 unspecified atom stereocenters. The Morgan fingerprint density at radius 3 is 1.98 bits per heavy atom. The van der Waals surface area contributed by atoms with E-state index in [1.54, 1.807) is 24.3 Å². The van der Waals surface area contributed by atoms with Crippen LogP contribution in [0.1, 0.15) is 58.2 Å². The number of nitrogens with one attached hydrogen (secondary N) is 2. The molecule has 0 saturated heterocycles. The van der Waals surface area contributed by atoms with Gasteiger partial charge < -0.3 is 25.2 Å². The number of ketones is 1. The van der Waals surface area contributed by atoms with Crippen LogP contribution in [0.15, 0.2) is 78.9 Å². The molecule has 4 aromatic rings. The van der Waals surface area contributed by atoms with Crippen LogP contribution in [-0.4, -0.2) is 35.4 Å². The zero-order valence-corrected chi connectivity index (χ0v) is 28.6. The molecule has 8 heteroatoms. The van der Waals surface area contributed by atoms with Gasteiger partial charge in [-0.05, 0) is 93.6 Å². The SMILES string of the molecule is COc1cc(C2C(C(=O)Nc3ccc(C)cc3C)C(=O)CC(C)(O)C2C(=O)Nc2ccc(C)cc2C)ccc1OCc1ccccc1C. The molecule has 0 aromatic heterocycles. The summed E-state index contributed by atoms with van der Waals surface area (Å²) in [5, 5.41) is 17.7. The Balaban J connectivity index is 1.57. The van der Waals surface area contributed by atoms with Crippen molar-refractivity contribution in [2.24, 2.45) is 11.8 Å². The standard InChI is InChI=1S/C40H44N2O6/c1-23-12-15-30(26(4)18-23)41-38(44)36-32(43)21-40(6,46)37(39(45)42-31-16-13-24(2)19-27(31)5)35(36)28-14-17-33(34(20-28)47-7)48-22-29-11-9-8-10-25(29)3/h8-20,35-37,46H,21-22H2,1-7H3,(H,41,44)(H,42,45). The topological polar surface area (TPSA) is 114 Å². The highest BCUT2D eigenvalue weighted by molar-refractivity contribution is 6.10. The van der Waals surface area contributed by atoms with Crippen LogP contribution in [-0.2, 0) is 21.0 Å². The first-order valence-corrected chi connectivity index (χ1v) is 16.2. The molecule has 250 valence electrons. The predicted octanol–water partition coefficient (Wildman–Crippen LogP) is 7.13. The summed E-state index contributed by atoms with van der Waals surface area (Å²) in [6.45, 7) is 11.5. The Morgan fingerprint density at radius 1 is 0.792 bits per heavy atom. The summed E-state index contributed by atoms with van der Waals surface area (Å²) < 4.78 is 11.9. The number of aliphatic hydroxyl groups is 1. The zero-order chi connectivity index (χ0) is 34.7. The Bertz CT molecular complexity index is 1860. The van der Waals surface area contributed by atoms with Gasteiger partial charge in [0.2, 0.25) is 11.8 Å². The van der Waals surface area contributed by atoms with Gasteiger partial charge in [0, 0.05) is 23.7 Å². The third kappa shape index (κ3) is 7.29. The maximum atomic E-state index is 14.3. The first-order chi connectivity index (χ1) is 22.8. The van der Waals surface area contributed by atoms with Crippen molar-refractivity contribution in [1.29, 1.82) is 0 Å². The highest BCUT2D eigenvalue weighted by Gasteiger charge is 2.56. The van der Waals surface area contributed by atoms with Gasteiger partial charge in [0.25, 0.3) is 0 Å². The van der Waals surface area contributed by atoms with Gasteiger partial charge >= 0.3 is 0 Å². The van der Waals surface area contributed by atoms with Crippen LogP contribution in [0.3, 0.4) is 0 Å². The Labute approximate surface area is 282 Å². The van der Waals surface area contributed by atoms with E-state index in [1.807, 2.05) is 89.2 Å². The number of carbonyl (C=O) groups excluding carboxylic acids is 3. The number of Topliss-reactive ketones (excluding diaryl/α,β-unsaturated/α-hetero) is 1. The number of hydrogen-bond acceptors (Lipinski definition) is 6. The predicted molar refractivity (Wildman–Crippen MR) is 188 cm³/mol. The molecule has 4 aromatic carbocycles. The maximum Gasteiger partial charge on any atom is 0.235 e. The Hall–Kier alpha value is -4.95. The molecular formula is C40H44N2O6. The maximum absolute atomic E-state index is 14.3. The van der Waals surface area contributed by atoms with Gasteiger partial charge in [0.1, 0.15) is 18.3 Å². The highest BCUT2D eigenvalue weighted by Crippen LogP contribution is 2.48. The van der Waals surface area contributed by atoms with Gasteiger partial charge in [-0.1, -0.05) is 65.7 Å². The summed E-state index contributed by atoms with van der Waals surface area (Å²) in [7, 11) is 1.51. The first kappa shape index (κ1) is 34.4. The number of benzene rings is 4. The average Bonchev–Trinajstić information content (AvgIpc) is 3.02. The summed E-state index contributed by atoms with van der Waals surface area (Å²) >= 11 is 0. The minimum atomic E-state index is -1.76. The fraction of sp³-hybridized carbons (Fsp3) is 0.325. The number of aryl methyl sites for hydroxylation is 5. The third-order valence-electron chi connectivity index (χ3n) is 9.33. The zero-order valence-electron chi connectivity index (χ0n) is 28.6. The molecule has 1 fully saturated rings. The summed E-state index contributed by atoms with van der Waals surface area (Å²) in [4.78, 5) is 42.3. The smallest absolute Gasteiger partial charge is 0.235 e. The molecule has 8 nitrogen and oxygen atoms in total. The van der Waals surface area contributed by atoms with Crippen LogP contribution in [0.2, 0.25) is 0 Å². The van der Waals surface area contributed by atoms with Gasteiger partial charge in [-0.15, -0.1) is 0 Å². The fourth-order valence-corrected chi connectivity index (χ4v) is 6.76. The van der Waals surface area contributed by atoms with Gasteiger partial charge in [0.05, 0.1) is 18.6 Å². The second-order valence-corrected chi connectivity index (χ2v) is 13.2. The van der Waals surface area contributed by atoms with Crippen LogP contribution < -0.4 is 20.1 Å². The molecule has 48 heavy (non-hydrogen) atoms. The van der Waals surface area contributed by atoms with E-state index < -0.39 is 41.0 Å². The minimum Gasteiger partial charge on any atom is -0.493 e. The number of hydrogen-bond donors (Lipinski definition) is 3. The van der Waals surface area contributed by atoms with E-state index in [0.717, 1.165) is 33.4 Å². The van der Waals surface area contributed by atoms with Crippen molar-refractivity contribution in [2.45, 2.75) is 66.1 Å². The van der Waals surface area contributed by atoms with Crippen LogP contribution >= 0.6 is 0 Å². The van der Waals surface area contributed by atoms with E-state index in [4.69, 9.17) is 9.47 Å². The van der Waals surface area contributed by atoms with Crippen molar-refractivity contribution in [3.63, 3.8) is 0 Å². The van der Waals surface area contributed by atoms with Crippen molar-refractivity contribution in [3.8, 4) is 11.5 Å². The summed E-state index contributed by atoms with van der Waals surface area (Å²) in [6.07, 6.45) is -0.367. The van der Waals surface area contributed by atoms with Crippen molar-refractivity contribution in [2.75, 3.05) is 17.7 Å². The number of amides is 2. The number of anilines is 2. The normalized spacial score (nSPS) is 20.6. The number of ether oxygens (including phenoxy) is 2. The molecule has 4 atom stereocenters. The van der Waals surface area contributed by atoms with E-state index in [1.165, 1.54) is 14.0 Å². The van der Waals surface area contributed by atoms with E-state index in [9.17, 15) is 19.5 Å². The monoisotopic (exact) mass is 648 g/mol. The molecule has 3 N–H and O–H groups in total. The quantitative estimate of drug-likeness (QED) is 0.166. The summed E-state index contributed by atoms with van der Waals surface area (Å²) in [5.74, 6) is -4.13. The molecule has 1 saturated carbocycles. The van der Waals surface area contributed by atoms with Crippen LogP contribution in [0.4, 0.5) is 11.4 Å². The van der Waals surface area contributed by atoms with Gasteiger partial charge in [0.15, 0.2) is 11.5 Å². The van der Waals surface area contributed by atoms with Gasteiger partial charge in [-0.2, -0.15) is 0 Å². The molecular weight excluding hydrogens is 604 g/mol. The van der Waals surface area contributed by atoms with E-state index in [-0.39, 0.29) is 6.42 Å². The first-order valence-electron chi connectivity index (χ1n) is 16.2. The Kier molecular flexibility index (Phi) is 10.1. The summed E-state index contributed by atoms with van der Waals surface area (Å²) in [5.41, 5.74) is 5.78. The molecule has 0 radical (unpaired) electrons. The van der Waals surface area contributed by atoms with Gasteiger partial charge in [-0.3, -0.25) is 14.4 Å². The summed E-state index contributed by atoms with van der Waals surface area (Å²) in [6, 6.07) is 24.4. The van der Waals surface area contributed by atoms with Crippen LogP contribution in [0.25, 0.3) is 0 Å². The fourth-order valence-electron chi connectivity index (χ4n) is 6.76. The van der Waals surface area contributed by atoms with Crippen molar-refractivity contribution < 1.29 is 29.0 Å². The molecule has 0 spiro atoms. The Morgan fingerprint density at radius 2 is 1.40 bits per heavy atom. The lowest BCUT2D eigenvalue weighted by Gasteiger charge is -2.44. The number of carbonyl (C=O) groups is 3. The van der Waals surface area contributed by atoms with Gasteiger partial charge in [-0.25, -0.2) is 0 Å². The third-order valence-corrected chi connectivity index (χ3v) is 9.33. The number of methoxy groups -OCH3 is 1. The highest BCUT2D eigenvalue weighted by atomic mass is 16.5. The average molecular weight is 649 g/mol. The van der Waals surface area contributed by atoms with Crippen molar-refractivity contribution >= 4 is 29.0 Å². The second-order valence-electron chi connectivity index (χ2n) is 13.2. The second kappa shape index (κ2) is 14.0.